The fourth-order valence-corrected chi connectivity index (χ4v) is 2.43. The van der Waals surface area contributed by atoms with Crippen molar-refractivity contribution in [2.24, 2.45) is 0 Å². The van der Waals surface area contributed by atoms with E-state index in [0.29, 0.717) is 31.8 Å². The molecule has 0 radical (unpaired) electrons. The minimum atomic E-state index is -1.01. The van der Waals surface area contributed by atoms with E-state index in [4.69, 9.17) is 9.84 Å². The average molecular weight is 320 g/mol. The minimum absolute atomic E-state index is 0.0799. The third-order valence-corrected chi connectivity index (χ3v) is 3.60. The summed E-state index contributed by atoms with van der Waals surface area (Å²) in [6.45, 7) is 3.13. The second kappa shape index (κ2) is 7.73. The van der Waals surface area contributed by atoms with Crippen molar-refractivity contribution in [1.29, 1.82) is 0 Å². The Morgan fingerprint density at radius 3 is 2.87 bits per heavy atom. The number of carboxylic acid groups (broad SMARTS) is 1. The van der Waals surface area contributed by atoms with Gasteiger partial charge in [-0.25, -0.2) is 4.79 Å². The predicted octanol–water partition coefficient (Wildman–Crippen LogP) is 0.291. The number of amides is 2. The van der Waals surface area contributed by atoms with E-state index in [2.05, 4.69) is 5.32 Å². The highest BCUT2D eigenvalue weighted by Crippen LogP contribution is 2.11. The minimum Gasteiger partial charge on any atom is -0.478 e. The number of hydrogen-bond donors (Lipinski definition) is 2. The lowest BCUT2D eigenvalue weighted by molar-refractivity contribution is -0.138. The molecule has 1 fully saturated rings. The van der Waals surface area contributed by atoms with E-state index in [-0.39, 0.29) is 29.9 Å². The highest BCUT2D eigenvalue weighted by atomic mass is 16.5. The molecule has 1 heterocycles. The number of carbonyl (C=O) groups is 3. The summed E-state index contributed by atoms with van der Waals surface area (Å²) in [5, 5.41) is 11.7. The number of rotatable bonds is 5. The Morgan fingerprint density at radius 2 is 2.17 bits per heavy atom. The first-order valence-electron chi connectivity index (χ1n) is 7.41. The van der Waals surface area contributed by atoms with Crippen LogP contribution in [0.2, 0.25) is 0 Å². The van der Waals surface area contributed by atoms with Gasteiger partial charge in [0.25, 0.3) is 0 Å². The molecule has 1 aliphatic rings. The number of aromatic carboxylic acids is 1. The van der Waals surface area contributed by atoms with Crippen LogP contribution >= 0.6 is 0 Å². The molecule has 1 aromatic carbocycles. The fraction of sp³-hybridized carbons (Fsp3) is 0.438. The van der Waals surface area contributed by atoms with Gasteiger partial charge in [0.05, 0.1) is 24.7 Å². The Bertz CT molecular complexity index is 602. The van der Waals surface area contributed by atoms with Crippen LogP contribution in [0, 0.1) is 0 Å². The molecule has 1 atom stereocenters. The average Bonchev–Trinajstić information content (AvgIpc) is 2.53. The Balaban J connectivity index is 1.93. The molecule has 0 saturated carbocycles. The van der Waals surface area contributed by atoms with Gasteiger partial charge in [0, 0.05) is 26.6 Å². The second-order valence-electron chi connectivity index (χ2n) is 5.45. The van der Waals surface area contributed by atoms with E-state index in [0.717, 1.165) is 0 Å². The van der Waals surface area contributed by atoms with Crippen LogP contribution in [0.3, 0.4) is 0 Å². The number of ether oxygens (including phenoxy) is 1. The van der Waals surface area contributed by atoms with Crippen LogP contribution in [-0.2, 0) is 20.7 Å². The van der Waals surface area contributed by atoms with Crippen molar-refractivity contribution in [2.75, 3.05) is 26.2 Å². The van der Waals surface area contributed by atoms with Gasteiger partial charge in [-0.3, -0.25) is 9.59 Å². The molecule has 1 aromatic rings. The van der Waals surface area contributed by atoms with Crippen molar-refractivity contribution in [3.8, 4) is 0 Å². The lowest BCUT2D eigenvalue weighted by atomic mass is 10.1. The maximum absolute atomic E-state index is 12.4. The Hall–Kier alpha value is -2.41. The summed E-state index contributed by atoms with van der Waals surface area (Å²) in [6, 6.07) is 6.37. The molecule has 2 rings (SSSR count). The molecule has 0 bridgehead atoms. The van der Waals surface area contributed by atoms with Gasteiger partial charge in [0.2, 0.25) is 11.8 Å². The van der Waals surface area contributed by atoms with Crippen LogP contribution in [-0.4, -0.2) is 60.1 Å². The van der Waals surface area contributed by atoms with Crippen molar-refractivity contribution in [2.45, 2.75) is 19.4 Å². The van der Waals surface area contributed by atoms with E-state index >= 15 is 0 Å². The van der Waals surface area contributed by atoms with Gasteiger partial charge in [0.15, 0.2) is 0 Å². The van der Waals surface area contributed by atoms with E-state index in [1.165, 1.54) is 19.1 Å². The number of carbonyl (C=O) groups excluding carboxylic acids is 2. The smallest absolute Gasteiger partial charge is 0.335 e. The third kappa shape index (κ3) is 5.07. The van der Waals surface area contributed by atoms with Gasteiger partial charge < -0.3 is 20.1 Å². The quantitative estimate of drug-likeness (QED) is 0.813. The van der Waals surface area contributed by atoms with Crippen molar-refractivity contribution in [3.05, 3.63) is 35.4 Å². The summed E-state index contributed by atoms with van der Waals surface area (Å²) in [6.07, 6.45) is -0.0736. The first kappa shape index (κ1) is 17.0. The van der Waals surface area contributed by atoms with Gasteiger partial charge >= 0.3 is 5.97 Å². The first-order chi connectivity index (χ1) is 11.0. The zero-order valence-corrected chi connectivity index (χ0v) is 12.9. The Kier molecular flexibility index (Phi) is 5.70. The summed E-state index contributed by atoms with van der Waals surface area (Å²) in [5.41, 5.74) is 0.834. The predicted molar refractivity (Wildman–Crippen MR) is 82.1 cm³/mol. The number of nitrogens with one attached hydrogen (secondary N) is 1. The van der Waals surface area contributed by atoms with Crippen molar-refractivity contribution in [3.63, 3.8) is 0 Å². The van der Waals surface area contributed by atoms with Gasteiger partial charge in [-0.15, -0.1) is 0 Å². The zero-order valence-electron chi connectivity index (χ0n) is 12.9. The molecule has 1 aliphatic heterocycles. The van der Waals surface area contributed by atoms with Crippen LogP contribution in [0.15, 0.2) is 24.3 Å². The summed E-state index contributed by atoms with van der Waals surface area (Å²) in [7, 11) is 0. The zero-order chi connectivity index (χ0) is 16.8. The maximum atomic E-state index is 12.4. The number of carboxylic acids is 1. The van der Waals surface area contributed by atoms with Crippen molar-refractivity contribution < 1.29 is 24.2 Å². The molecular weight excluding hydrogens is 300 g/mol. The van der Waals surface area contributed by atoms with Gasteiger partial charge in [-0.1, -0.05) is 12.1 Å². The molecular formula is C16H20N2O5. The number of benzene rings is 1. The maximum Gasteiger partial charge on any atom is 0.335 e. The number of hydrogen-bond acceptors (Lipinski definition) is 4. The number of morpholine rings is 1. The van der Waals surface area contributed by atoms with Crippen molar-refractivity contribution in [1.82, 2.24) is 10.2 Å². The Labute approximate surface area is 134 Å². The molecule has 7 heteroatoms. The monoisotopic (exact) mass is 320 g/mol. The van der Waals surface area contributed by atoms with Gasteiger partial charge in [-0.2, -0.15) is 0 Å². The molecule has 0 aromatic heterocycles. The standard InChI is InChI=1S/C16H20N2O5/c1-11(19)17-9-14-10-18(5-6-23-14)15(20)8-12-3-2-4-13(7-12)16(21)22/h2-4,7,14H,5-6,8-10H2,1H3,(H,17,19)(H,21,22). The molecule has 2 amide bonds. The lowest BCUT2D eigenvalue weighted by Crippen LogP contribution is -2.49. The first-order valence-corrected chi connectivity index (χ1v) is 7.41. The highest BCUT2D eigenvalue weighted by Gasteiger charge is 2.24. The van der Waals surface area contributed by atoms with E-state index < -0.39 is 5.97 Å². The van der Waals surface area contributed by atoms with Crippen molar-refractivity contribution >= 4 is 17.8 Å². The van der Waals surface area contributed by atoms with Crippen LogP contribution in [0.25, 0.3) is 0 Å². The largest absolute Gasteiger partial charge is 0.478 e. The van der Waals surface area contributed by atoms with Gasteiger partial charge in [0.1, 0.15) is 0 Å². The van der Waals surface area contributed by atoms with Gasteiger partial charge in [-0.05, 0) is 17.7 Å². The fourth-order valence-electron chi connectivity index (χ4n) is 2.43. The lowest BCUT2D eigenvalue weighted by Gasteiger charge is -2.33. The molecule has 0 spiro atoms. The van der Waals surface area contributed by atoms with Crippen LogP contribution in [0.1, 0.15) is 22.8 Å². The SMILES string of the molecule is CC(=O)NCC1CN(C(=O)Cc2cccc(C(=O)O)c2)CCO1. The molecule has 1 unspecified atom stereocenters. The molecule has 7 nitrogen and oxygen atoms in total. The van der Waals surface area contributed by atoms with E-state index in [1.54, 1.807) is 17.0 Å². The van der Waals surface area contributed by atoms with Crippen LogP contribution < -0.4 is 5.32 Å². The van der Waals surface area contributed by atoms with E-state index in [9.17, 15) is 14.4 Å². The molecule has 23 heavy (non-hydrogen) atoms. The molecule has 0 aliphatic carbocycles. The third-order valence-electron chi connectivity index (χ3n) is 3.60. The molecule has 124 valence electrons. The topological polar surface area (TPSA) is 95.9 Å². The van der Waals surface area contributed by atoms with E-state index in [1.807, 2.05) is 0 Å². The molecule has 2 N–H and O–H groups in total. The second-order valence-corrected chi connectivity index (χ2v) is 5.45. The summed E-state index contributed by atoms with van der Waals surface area (Å²) in [4.78, 5) is 36.0. The normalized spacial score (nSPS) is 17.6. The number of nitrogens with zero attached hydrogens (tertiary/aromatic N) is 1. The Morgan fingerprint density at radius 1 is 1.39 bits per heavy atom. The summed E-state index contributed by atoms with van der Waals surface area (Å²) in [5.74, 6) is -1.23. The summed E-state index contributed by atoms with van der Waals surface area (Å²) >= 11 is 0. The van der Waals surface area contributed by atoms with Crippen LogP contribution in [0.5, 0.6) is 0 Å². The summed E-state index contributed by atoms with van der Waals surface area (Å²) < 4.78 is 5.52. The molecule has 1 saturated heterocycles. The van der Waals surface area contributed by atoms with Crippen LogP contribution in [0.4, 0.5) is 0 Å². The highest BCUT2D eigenvalue weighted by molar-refractivity contribution is 5.88.